The normalized spacial score (nSPS) is 16.5. The van der Waals surface area contributed by atoms with Crippen LogP contribution in [0, 0.1) is 0 Å². The van der Waals surface area contributed by atoms with Crippen LogP contribution in [0.1, 0.15) is 39.5 Å². The Hall–Kier alpha value is -1.22. The quantitative estimate of drug-likeness (QED) is 0.284. The molecular weight excluding hydrogens is 296 g/mol. The van der Waals surface area contributed by atoms with Crippen molar-refractivity contribution in [2.24, 2.45) is 0 Å². The van der Waals surface area contributed by atoms with Gasteiger partial charge < -0.3 is 29.9 Å². The molecule has 0 fully saturated rings. The molecule has 0 aromatic carbocycles. The summed E-state index contributed by atoms with van der Waals surface area (Å²) in [7, 11) is 0. The molecule has 8 nitrogen and oxygen atoms in total. The molecular formula is C14H26O8. The van der Waals surface area contributed by atoms with Gasteiger partial charge in [-0.25, -0.2) is 9.59 Å². The maximum atomic E-state index is 11.4. The van der Waals surface area contributed by atoms with E-state index < -0.39 is 36.4 Å². The lowest BCUT2D eigenvalue weighted by Crippen LogP contribution is -2.50. The second kappa shape index (κ2) is 11.4. The van der Waals surface area contributed by atoms with Crippen molar-refractivity contribution in [1.82, 2.24) is 0 Å². The molecule has 22 heavy (non-hydrogen) atoms. The third kappa shape index (κ3) is 7.17. The highest BCUT2D eigenvalue weighted by Crippen LogP contribution is 2.09. The van der Waals surface area contributed by atoms with E-state index in [-0.39, 0.29) is 13.2 Å². The van der Waals surface area contributed by atoms with Crippen LogP contribution in [0.2, 0.25) is 0 Å². The van der Waals surface area contributed by atoms with Gasteiger partial charge in [0.2, 0.25) is 0 Å². The number of rotatable bonds is 11. The van der Waals surface area contributed by atoms with Gasteiger partial charge in [0, 0.05) is 0 Å². The molecule has 0 bridgehead atoms. The van der Waals surface area contributed by atoms with Crippen LogP contribution in [-0.4, -0.2) is 70.0 Å². The summed E-state index contributed by atoms with van der Waals surface area (Å²) in [6.07, 6.45) is -5.54. The molecule has 0 aliphatic rings. The number of carbonyl (C=O) groups is 2. The van der Waals surface area contributed by atoms with Crippen molar-refractivity contribution < 1.29 is 39.5 Å². The highest BCUT2D eigenvalue weighted by atomic mass is 16.6. The summed E-state index contributed by atoms with van der Waals surface area (Å²) in [6.45, 7) is 3.89. The summed E-state index contributed by atoms with van der Waals surface area (Å²) in [5, 5.41) is 38.4. The summed E-state index contributed by atoms with van der Waals surface area (Å²) in [5.74, 6) is -2.27. The Morgan fingerprint density at radius 1 is 0.773 bits per heavy atom. The fourth-order valence-electron chi connectivity index (χ4n) is 1.46. The second-order valence-electron chi connectivity index (χ2n) is 4.91. The molecule has 0 aromatic heterocycles. The number of aliphatic hydroxyl groups is 4. The van der Waals surface area contributed by atoms with Crippen molar-refractivity contribution in [3.63, 3.8) is 0 Å². The van der Waals surface area contributed by atoms with Gasteiger partial charge in [-0.1, -0.05) is 26.7 Å². The lowest BCUT2D eigenvalue weighted by Gasteiger charge is -2.24. The van der Waals surface area contributed by atoms with Gasteiger partial charge in [-0.3, -0.25) is 0 Å². The monoisotopic (exact) mass is 322 g/mol. The number of aliphatic hydroxyl groups excluding tert-OH is 4. The number of unbranched alkanes of at least 4 members (excludes halogenated alkanes) is 2. The topological polar surface area (TPSA) is 134 Å². The first kappa shape index (κ1) is 20.8. The van der Waals surface area contributed by atoms with E-state index in [4.69, 9.17) is 0 Å². The molecule has 0 radical (unpaired) electrons. The summed E-state index contributed by atoms with van der Waals surface area (Å²) in [6, 6.07) is 0. The molecule has 8 heteroatoms. The van der Waals surface area contributed by atoms with Crippen LogP contribution in [0.5, 0.6) is 0 Å². The molecule has 0 saturated carbocycles. The number of hydrogen-bond donors (Lipinski definition) is 4. The van der Waals surface area contributed by atoms with Crippen LogP contribution in [0.15, 0.2) is 0 Å². The van der Waals surface area contributed by atoms with E-state index in [1.54, 1.807) is 0 Å². The second-order valence-corrected chi connectivity index (χ2v) is 4.91. The Labute approximate surface area is 129 Å². The lowest BCUT2D eigenvalue weighted by molar-refractivity contribution is -0.179. The highest BCUT2D eigenvalue weighted by Gasteiger charge is 2.38. The Balaban J connectivity index is 4.39. The average Bonchev–Trinajstić information content (AvgIpc) is 2.52. The van der Waals surface area contributed by atoms with E-state index in [1.165, 1.54) is 0 Å². The van der Waals surface area contributed by atoms with Crippen LogP contribution in [0.3, 0.4) is 0 Å². The molecule has 0 unspecified atom stereocenters. The maximum Gasteiger partial charge on any atom is 0.337 e. The van der Waals surface area contributed by atoms with Crippen molar-refractivity contribution in [3.8, 4) is 0 Å². The predicted molar refractivity (Wildman–Crippen MR) is 75.8 cm³/mol. The summed E-state index contributed by atoms with van der Waals surface area (Å²) in [4.78, 5) is 22.9. The molecule has 0 rings (SSSR count). The van der Waals surface area contributed by atoms with E-state index in [9.17, 15) is 30.0 Å². The average molecular weight is 322 g/mol. The fourth-order valence-corrected chi connectivity index (χ4v) is 1.46. The lowest BCUT2D eigenvalue weighted by atomic mass is 10.0. The number of ether oxygens (including phenoxy) is 2. The van der Waals surface area contributed by atoms with Crippen LogP contribution in [-0.2, 0) is 19.1 Å². The number of carbonyl (C=O) groups excluding carboxylic acids is 2. The smallest absolute Gasteiger partial charge is 0.337 e. The zero-order valence-electron chi connectivity index (χ0n) is 13.0. The third-order valence-corrected chi connectivity index (χ3v) is 2.96. The van der Waals surface area contributed by atoms with Gasteiger partial charge in [0.25, 0.3) is 0 Å². The van der Waals surface area contributed by atoms with E-state index in [0.717, 1.165) is 12.8 Å². The van der Waals surface area contributed by atoms with Crippen molar-refractivity contribution >= 4 is 11.9 Å². The first-order valence-corrected chi connectivity index (χ1v) is 7.42. The molecule has 4 atom stereocenters. The molecule has 0 aliphatic heterocycles. The highest BCUT2D eigenvalue weighted by molar-refractivity contribution is 5.77. The SMILES string of the molecule is CCCCOC(=O)[C@@H](O)[C@H](O)[C@H](O)[C@@H](O)C(=O)OCCCC. The molecule has 0 aromatic rings. The van der Waals surface area contributed by atoms with Crippen molar-refractivity contribution in [3.05, 3.63) is 0 Å². The zero-order valence-corrected chi connectivity index (χ0v) is 13.0. The first-order chi connectivity index (χ1) is 10.4. The van der Waals surface area contributed by atoms with Crippen LogP contribution in [0.4, 0.5) is 0 Å². The van der Waals surface area contributed by atoms with Gasteiger partial charge in [0.05, 0.1) is 13.2 Å². The molecule has 0 spiro atoms. The van der Waals surface area contributed by atoms with Gasteiger partial charge in [-0.05, 0) is 12.8 Å². The van der Waals surface area contributed by atoms with Crippen LogP contribution >= 0.6 is 0 Å². The van der Waals surface area contributed by atoms with Gasteiger partial charge in [0.1, 0.15) is 12.2 Å². The van der Waals surface area contributed by atoms with Gasteiger partial charge >= 0.3 is 11.9 Å². The Morgan fingerprint density at radius 3 is 1.36 bits per heavy atom. The molecule has 130 valence electrons. The molecule has 0 heterocycles. The van der Waals surface area contributed by atoms with E-state index >= 15 is 0 Å². The van der Waals surface area contributed by atoms with Crippen LogP contribution in [0.25, 0.3) is 0 Å². The van der Waals surface area contributed by atoms with Gasteiger partial charge in [-0.15, -0.1) is 0 Å². The minimum Gasteiger partial charge on any atom is -0.464 e. The van der Waals surface area contributed by atoms with E-state index in [1.807, 2.05) is 13.8 Å². The Bertz CT molecular complexity index is 301. The largest absolute Gasteiger partial charge is 0.464 e. The zero-order chi connectivity index (χ0) is 17.1. The number of esters is 2. The maximum absolute atomic E-state index is 11.4. The van der Waals surface area contributed by atoms with Crippen molar-refractivity contribution in [1.29, 1.82) is 0 Å². The van der Waals surface area contributed by atoms with Crippen LogP contribution < -0.4 is 0 Å². The van der Waals surface area contributed by atoms with E-state index in [2.05, 4.69) is 9.47 Å². The summed E-state index contributed by atoms with van der Waals surface area (Å²) >= 11 is 0. The standard InChI is InChI=1S/C14H26O8/c1-3-5-7-21-13(19)11(17)9(15)10(16)12(18)14(20)22-8-6-4-2/h9-12,15-18H,3-8H2,1-2H3/t9-,10+,11+,12-. The van der Waals surface area contributed by atoms with Crippen molar-refractivity contribution in [2.45, 2.75) is 63.9 Å². The van der Waals surface area contributed by atoms with Gasteiger partial charge in [0.15, 0.2) is 12.2 Å². The van der Waals surface area contributed by atoms with E-state index in [0.29, 0.717) is 12.8 Å². The minimum atomic E-state index is -2.07. The summed E-state index contributed by atoms with van der Waals surface area (Å²) in [5.41, 5.74) is 0. The molecule has 0 amide bonds. The predicted octanol–water partition coefficient (Wildman–Crippen LogP) is -0.883. The van der Waals surface area contributed by atoms with Gasteiger partial charge in [-0.2, -0.15) is 0 Å². The molecule has 4 N–H and O–H groups in total. The fraction of sp³-hybridized carbons (Fsp3) is 0.857. The summed E-state index contributed by atoms with van der Waals surface area (Å²) < 4.78 is 9.35. The minimum absolute atomic E-state index is 0.0663. The van der Waals surface area contributed by atoms with Crippen molar-refractivity contribution in [2.75, 3.05) is 13.2 Å². The Kier molecular flexibility index (Phi) is 10.7. The third-order valence-electron chi connectivity index (χ3n) is 2.96. The first-order valence-electron chi connectivity index (χ1n) is 7.42. The Morgan fingerprint density at radius 2 is 1.09 bits per heavy atom. The molecule has 0 saturated heterocycles. The number of hydrogen-bond acceptors (Lipinski definition) is 8. The molecule has 0 aliphatic carbocycles.